The molecule has 0 saturated carbocycles. The van der Waals surface area contributed by atoms with Crippen LogP contribution in [0, 0.1) is 5.82 Å². The summed E-state index contributed by atoms with van der Waals surface area (Å²) in [5, 5.41) is 14.8. The van der Waals surface area contributed by atoms with E-state index in [1.165, 1.54) is 23.3 Å². The Bertz CT molecular complexity index is 860. The van der Waals surface area contributed by atoms with Crippen molar-refractivity contribution in [3.05, 3.63) is 69.4 Å². The Morgan fingerprint density at radius 1 is 1.14 bits per heavy atom. The molecule has 1 aliphatic rings. The average Bonchev–Trinajstić information content (AvgIpc) is 3.03. The number of fused-ring (bicyclic) bond motifs is 1. The van der Waals surface area contributed by atoms with Crippen molar-refractivity contribution in [1.82, 2.24) is 4.90 Å². The molecule has 0 amide bonds. The standard InChI is InChI=1S/C19H21BrFNO.C2H2O4/c1-22(2)12-4-11-19(14-7-9-15(21)10-8-14)17-5-3-6-18(20)16(17)13-23-19;3-1(4)2(5)6/h3,5-10H,4,11-13H2,1-2H3;(H,3,4)(H,5,6). The van der Waals surface area contributed by atoms with Crippen molar-refractivity contribution < 1.29 is 28.9 Å². The van der Waals surface area contributed by atoms with Gasteiger partial charge in [0.05, 0.1) is 6.61 Å². The second-order valence-corrected chi connectivity index (χ2v) is 7.76. The third-order valence-electron chi connectivity index (χ3n) is 4.64. The zero-order valence-corrected chi connectivity index (χ0v) is 17.8. The molecule has 1 aliphatic heterocycles. The maximum Gasteiger partial charge on any atom is 0.414 e. The zero-order chi connectivity index (χ0) is 21.6. The first kappa shape index (κ1) is 23.0. The van der Waals surface area contributed by atoms with Crippen LogP contribution in [0.25, 0.3) is 0 Å². The topological polar surface area (TPSA) is 87.1 Å². The highest BCUT2D eigenvalue weighted by Gasteiger charge is 2.41. The number of aliphatic carboxylic acids is 2. The smallest absolute Gasteiger partial charge is 0.414 e. The van der Waals surface area contributed by atoms with E-state index in [-0.39, 0.29) is 5.82 Å². The van der Waals surface area contributed by atoms with Crippen molar-refractivity contribution in [3.63, 3.8) is 0 Å². The quantitative estimate of drug-likeness (QED) is 0.649. The van der Waals surface area contributed by atoms with Gasteiger partial charge in [0.15, 0.2) is 0 Å². The van der Waals surface area contributed by atoms with Gasteiger partial charge < -0.3 is 19.8 Å². The Morgan fingerprint density at radius 2 is 1.76 bits per heavy atom. The van der Waals surface area contributed by atoms with Gasteiger partial charge in [0, 0.05) is 4.47 Å². The minimum atomic E-state index is -1.82. The number of carboxylic acid groups (broad SMARTS) is 2. The Hall–Kier alpha value is -2.29. The van der Waals surface area contributed by atoms with E-state index in [4.69, 9.17) is 24.5 Å². The van der Waals surface area contributed by atoms with Crippen LogP contribution in [0.1, 0.15) is 29.5 Å². The highest BCUT2D eigenvalue weighted by atomic mass is 79.9. The van der Waals surface area contributed by atoms with E-state index in [0.29, 0.717) is 6.61 Å². The van der Waals surface area contributed by atoms with Gasteiger partial charge >= 0.3 is 11.9 Å². The third kappa shape index (κ3) is 5.62. The van der Waals surface area contributed by atoms with Crippen molar-refractivity contribution in [2.75, 3.05) is 20.6 Å². The van der Waals surface area contributed by atoms with Gasteiger partial charge in [-0.3, -0.25) is 0 Å². The van der Waals surface area contributed by atoms with E-state index < -0.39 is 17.5 Å². The number of nitrogens with zero attached hydrogens (tertiary/aromatic N) is 1. The van der Waals surface area contributed by atoms with Crippen LogP contribution >= 0.6 is 15.9 Å². The van der Waals surface area contributed by atoms with Gasteiger partial charge in [0.1, 0.15) is 11.4 Å². The van der Waals surface area contributed by atoms with Crippen LogP contribution in [0.5, 0.6) is 0 Å². The minimum Gasteiger partial charge on any atom is -0.473 e. The van der Waals surface area contributed by atoms with Crippen molar-refractivity contribution in [3.8, 4) is 0 Å². The van der Waals surface area contributed by atoms with Crippen LogP contribution in [-0.4, -0.2) is 47.7 Å². The zero-order valence-electron chi connectivity index (χ0n) is 16.2. The predicted molar refractivity (Wildman–Crippen MR) is 109 cm³/mol. The summed E-state index contributed by atoms with van der Waals surface area (Å²) >= 11 is 3.63. The molecule has 0 saturated heterocycles. The van der Waals surface area contributed by atoms with Crippen LogP contribution in [0.3, 0.4) is 0 Å². The average molecular weight is 468 g/mol. The number of benzene rings is 2. The molecule has 2 aromatic carbocycles. The van der Waals surface area contributed by atoms with E-state index in [2.05, 4.69) is 41.0 Å². The molecule has 3 rings (SSSR count). The summed E-state index contributed by atoms with van der Waals surface area (Å²) in [5.41, 5.74) is 2.93. The van der Waals surface area contributed by atoms with E-state index >= 15 is 0 Å². The fraction of sp³-hybridized carbons (Fsp3) is 0.333. The molecule has 156 valence electrons. The molecule has 0 radical (unpaired) electrons. The van der Waals surface area contributed by atoms with Crippen LogP contribution < -0.4 is 0 Å². The molecule has 8 heteroatoms. The molecule has 0 aliphatic carbocycles. The molecule has 0 aromatic heterocycles. The Labute approximate surface area is 177 Å². The Balaban J connectivity index is 0.000000438. The highest BCUT2D eigenvalue weighted by Crippen LogP contribution is 2.47. The first-order chi connectivity index (χ1) is 13.7. The molecule has 29 heavy (non-hydrogen) atoms. The fourth-order valence-corrected chi connectivity index (χ4v) is 3.79. The largest absolute Gasteiger partial charge is 0.473 e. The molecule has 0 spiro atoms. The first-order valence-electron chi connectivity index (χ1n) is 8.96. The molecular weight excluding hydrogens is 445 g/mol. The van der Waals surface area contributed by atoms with E-state index in [9.17, 15) is 4.39 Å². The van der Waals surface area contributed by atoms with E-state index in [0.717, 1.165) is 29.4 Å². The summed E-state index contributed by atoms with van der Waals surface area (Å²) < 4.78 is 20.8. The number of ether oxygens (including phenoxy) is 1. The molecule has 1 heterocycles. The maximum absolute atomic E-state index is 13.4. The molecule has 0 bridgehead atoms. The van der Waals surface area contributed by atoms with Crippen molar-refractivity contribution in [2.45, 2.75) is 25.0 Å². The first-order valence-corrected chi connectivity index (χ1v) is 9.75. The third-order valence-corrected chi connectivity index (χ3v) is 5.39. The summed E-state index contributed by atoms with van der Waals surface area (Å²) in [6.45, 7) is 1.58. The molecule has 2 N–H and O–H groups in total. The summed E-state index contributed by atoms with van der Waals surface area (Å²) in [6, 6.07) is 12.9. The van der Waals surface area contributed by atoms with Gasteiger partial charge in [-0.15, -0.1) is 0 Å². The fourth-order valence-electron chi connectivity index (χ4n) is 3.31. The monoisotopic (exact) mass is 467 g/mol. The lowest BCUT2D eigenvalue weighted by atomic mass is 9.82. The van der Waals surface area contributed by atoms with Crippen LogP contribution in [0.4, 0.5) is 4.39 Å². The normalized spacial score (nSPS) is 17.4. The second-order valence-electron chi connectivity index (χ2n) is 6.91. The van der Waals surface area contributed by atoms with E-state index in [1.807, 2.05) is 24.3 Å². The summed E-state index contributed by atoms with van der Waals surface area (Å²) in [5.74, 6) is -3.87. The lowest BCUT2D eigenvalue weighted by molar-refractivity contribution is -0.159. The molecular formula is C21H23BrFNO5. The number of hydrogen-bond donors (Lipinski definition) is 2. The van der Waals surface area contributed by atoms with Crippen molar-refractivity contribution >= 4 is 27.9 Å². The van der Waals surface area contributed by atoms with Gasteiger partial charge in [-0.2, -0.15) is 0 Å². The second kappa shape index (κ2) is 9.96. The number of hydrogen-bond acceptors (Lipinski definition) is 4. The minimum absolute atomic E-state index is 0.218. The molecule has 2 aromatic rings. The SMILES string of the molecule is CN(C)CCCC1(c2ccc(F)cc2)OCc2c(Br)cccc21.O=C(O)C(=O)O. The molecule has 1 unspecified atom stereocenters. The summed E-state index contributed by atoms with van der Waals surface area (Å²) in [6.07, 6.45) is 1.89. The van der Waals surface area contributed by atoms with Crippen LogP contribution in [-0.2, 0) is 26.5 Å². The number of rotatable bonds is 5. The van der Waals surface area contributed by atoms with Crippen molar-refractivity contribution in [1.29, 1.82) is 0 Å². The van der Waals surface area contributed by atoms with Crippen molar-refractivity contribution in [2.24, 2.45) is 0 Å². The van der Waals surface area contributed by atoms with Gasteiger partial charge in [-0.05, 0) is 68.4 Å². The lowest BCUT2D eigenvalue weighted by Crippen LogP contribution is -2.28. The highest BCUT2D eigenvalue weighted by molar-refractivity contribution is 9.10. The molecule has 1 atom stereocenters. The number of carboxylic acids is 2. The Kier molecular flexibility index (Phi) is 7.89. The Morgan fingerprint density at radius 3 is 2.31 bits per heavy atom. The predicted octanol–water partition coefficient (Wildman–Crippen LogP) is 3.86. The van der Waals surface area contributed by atoms with Gasteiger partial charge in [-0.25, -0.2) is 14.0 Å². The van der Waals surface area contributed by atoms with Gasteiger partial charge in [0.2, 0.25) is 0 Å². The van der Waals surface area contributed by atoms with Gasteiger partial charge in [0.25, 0.3) is 0 Å². The summed E-state index contributed by atoms with van der Waals surface area (Å²) in [4.78, 5) is 20.4. The van der Waals surface area contributed by atoms with Gasteiger partial charge in [-0.1, -0.05) is 40.2 Å². The molecule has 6 nitrogen and oxygen atoms in total. The summed E-state index contributed by atoms with van der Waals surface area (Å²) in [7, 11) is 4.15. The molecule has 0 fully saturated rings. The van der Waals surface area contributed by atoms with Crippen LogP contribution in [0.2, 0.25) is 0 Å². The maximum atomic E-state index is 13.4. The number of halogens is 2. The van der Waals surface area contributed by atoms with Crippen LogP contribution in [0.15, 0.2) is 46.9 Å². The lowest BCUT2D eigenvalue weighted by Gasteiger charge is -2.31. The van der Waals surface area contributed by atoms with E-state index in [1.54, 1.807) is 0 Å². The number of carbonyl (C=O) groups is 2.